The Kier molecular flexibility index (Phi) is 4.92. The van der Waals surface area contributed by atoms with Crippen LogP contribution in [-0.2, 0) is 0 Å². The zero-order chi connectivity index (χ0) is 14.5. The first kappa shape index (κ1) is 14.7. The third-order valence-electron chi connectivity index (χ3n) is 3.44. The lowest BCUT2D eigenvalue weighted by atomic mass is 10.1. The van der Waals surface area contributed by atoms with Crippen molar-refractivity contribution < 1.29 is 4.79 Å². The minimum absolute atomic E-state index is 0.0465. The third-order valence-corrected chi connectivity index (χ3v) is 3.44. The molecule has 0 aliphatic carbocycles. The van der Waals surface area contributed by atoms with Gasteiger partial charge < -0.3 is 10.3 Å². The molecule has 110 valence electrons. The number of carbonyl (C=O) groups is 1. The maximum absolute atomic E-state index is 12.3. The summed E-state index contributed by atoms with van der Waals surface area (Å²) in [5.74, 6) is 6.53. The first-order valence-corrected chi connectivity index (χ1v) is 7.04. The summed E-state index contributed by atoms with van der Waals surface area (Å²) < 4.78 is 0. The number of pyridine rings is 1. The van der Waals surface area contributed by atoms with E-state index in [0.29, 0.717) is 17.3 Å². The van der Waals surface area contributed by atoms with Crippen LogP contribution in [0.4, 0.5) is 5.82 Å². The lowest BCUT2D eigenvalue weighted by Crippen LogP contribution is -2.49. The average Bonchev–Trinajstić information content (AvgIpc) is 2.47. The van der Waals surface area contributed by atoms with E-state index in [9.17, 15) is 4.79 Å². The molecule has 6 heteroatoms. The summed E-state index contributed by atoms with van der Waals surface area (Å²) in [5.41, 5.74) is 3.07. The lowest BCUT2D eigenvalue weighted by molar-refractivity contribution is 0.0623. The fraction of sp³-hybridized carbons (Fsp3) is 0.571. The van der Waals surface area contributed by atoms with Gasteiger partial charge in [0, 0.05) is 38.9 Å². The first-order chi connectivity index (χ1) is 9.60. The predicted octanol–water partition coefficient (Wildman–Crippen LogP) is 0.781. The van der Waals surface area contributed by atoms with Gasteiger partial charge in [-0.05, 0) is 18.1 Å². The fourth-order valence-corrected chi connectivity index (χ4v) is 2.44. The second kappa shape index (κ2) is 6.67. The summed E-state index contributed by atoms with van der Waals surface area (Å²) in [5, 5.41) is 0. The summed E-state index contributed by atoms with van der Waals surface area (Å²) in [6, 6.07) is 3.47. The number of hydrogen-bond donors (Lipinski definition) is 2. The molecule has 2 rings (SSSR count). The number of amides is 1. The number of carbonyl (C=O) groups excluding carboxylic acids is 1. The molecule has 0 unspecified atom stereocenters. The quantitative estimate of drug-likeness (QED) is 0.628. The minimum atomic E-state index is 0.0465. The maximum Gasteiger partial charge on any atom is 0.255 e. The van der Waals surface area contributed by atoms with Crippen LogP contribution in [-0.4, -0.2) is 53.4 Å². The molecule has 1 aliphatic rings. The molecule has 0 bridgehead atoms. The number of hydrogen-bond acceptors (Lipinski definition) is 5. The molecule has 0 aromatic carbocycles. The molecule has 2 heterocycles. The zero-order valence-corrected chi connectivity index (χ0v) is 12.2. The molecule has 6 nitrogen and oxygen atoms in total. The van der Waals surface area contributed by atoms with Crippen LogP contribution in [0.25, 0.3) is 0 Å². The van der Waals surface area contributed by atoms with Crippen molar-refractivity contribution in [2.24, 2.45) is 11.8 Å². The zero-order valence-electron chi connectivity index (χ0n) is 12.2. The van der Waals surface area contributed by atoms with Gasteiger partial charge in [0.15, 0.2) is 0 Å². The van der Waals surface area contributed by atoms with Crippen molar-refractivity contribution in [3.63, 3.8) is 0 Å². The number of nitrogen functional groups attached to an aromatic ring is 1. The molecule has 1 saturated heterocycles. The smallest absolute Gasteiger partial charge is 0.255 e. The molecule has 0 spiro atoms. The van der Waals surface area contributed by atoms with E-state index in [0.717, 1.165) is 32.7 Å². The normalized spacial score (nSPS) is 16.5. The van der Waals surface area contributed by atoms with Gasteiger partial charge in [-0.3, -0.25) is 9.69 Å². The van der Waals surface area contributed by atoms with Gasteiger partial charge >= 0.3 is 0 Å². The van der Waals surface area contributed by atoms with E-state index in [1.54, 1.807) is 18.3 Å². The largest absolute Gasteiger partial charge is 0.336 e. The van der Waals surface area contributed by atoms with Crippen LogP contribution >= 0.6 is 0 Å². The Labute approximate surface area is 119 Å². The molecule has 0 saturated carbocycles. The van der Waals surface area contributed by atoms with Crippen molar-refractivity contribution in [1.29, 1.82) is 0 Å². The third kappa shape index (κ3) is 3.68. The molecule has 3 N–H and O–H groups in total. The average molecular weight is 277 g/mol. The number of nitrogens with two attached hydrogens (primary N) is 1. The Hall–Kier alpha value is -1.66. The maximum atomic E-state index is 12.3. The van der Waals surface area contributed by atoms with Crippen molar-refractivity contribution >= 4 is 11.7 Å². The van der Waals surface area contributed by atoms with Gasteiger partial charge in [-0.1, -0.05) is 13.8 Å². The Balaban J connectivity index is 1.90. The van der Waals surface area contributed by atoms with Gasteiger partial charge in [0.05, 0.1) is 5.56 Å². The highest BCUT2D eigenvalue weighted by atomic mass is 16.2. The van der Waals surface area contributed by atoms with E-state index in [1.807, 2.05) is 4.90 Å². The van der Waals surface area contributed by atoms with Crippen LogP contribution in [0.5, 0.6) is 0 Å². The number of piperazine rings is 1. The van der Waals surface area contributed by atoms with E-state index in [1.165, 1.54) is 0 Å². The summed E-state index contributed by atoms with van der Waals surface area (Å²) >= 11 is 0. The highest BCUT2D eigenvalue weighted by Crippen LogP contribution is 2.11. The standard InChI is InChI=1S/C14H23N5O/c1-11(2)10-18-5-7-19(8-6-18)14(20)12-3-4-13(17-15)16-9-12/h3-4,9,11H,5-8,10,15H2,1-2H3,(H,16,17). The van der Waals surface area contributed by atoms with E-state index in [2.05, 4.69) is 29.2 Å². The van der Waals surface area contributed by atoms with Crippen molar-refractivity contribution in [2.75, 3.05) is 38.1 Å². The molecule has 1 amide bonds. The molecule has 0 radical (unpaired) electrons. The summed E-state index contributed by atoms with van der Waals surface area (Å²) in [6.45, 7) is 8.98. The van der Waals surface area contributed by atoms with Crippen LogP contribution < -0.4 is 11.3 Å². The molecule has 1 fully saturated rings. The van der Waals surface area contributed by atoms with Crippen LogP contribution in [0.2, 0.25) is 0 Å². The number of rotatable bonds is 4. The highest BCUT2D eigenvalue weighted by molar-refractivity contribution is 5.94. The van der Waals surface area contributed by atoms with E-state index < -0.39 is 0 Å². The number of nitrogens with zero attached hydrogens (tertiary/aromatic N) is 3. The van der Waals surface area contributed by atoms with Gasteiger partial charge in [-0.25, -0.2) is 10.8 Å². The van der Waals surface area contributed by atoms with Crippen LogP contribution in [0.1, 0.15) is 24.2 Å². The molecular formula is C14H23N5O. The molecule has 1 aromatic rings. The fourth-order valence-electron chi connectivity index (χ4n) is 2.44. The van der Waals surface area contributed by atoms with Crippen molar-refractivity contribution in [1.82, 2.24) is 14.8 Å². The molecule has 0 atom stereocenters. The number of nitrogens with one attached hydrogen (secondary N) is 1. The molecular weight excluding hydrogens is 254 g/mol. The van der Waals surface area contributed by atoms with Crippen molar-refractivity contribution in [3.05, 3.63) is 23.9 Å². The van der Waals surface area contributed by atoms with Crippen LogP contribution in [0, 0.1) is 5.92 Å². The lowest BCUT2D eigenvalue weighted by Gasteiger charge is -2.35. The van der Waals surface area contributed by atoms with E-state index in [-0.39, 0.29) is 5.91 Å². The van der Waals surface area contributed by atoms with Gasteiger partial charge in [0.1, 0.15) is 5.82 Å². The molecule has 1 aliphatic heterocycles. The van der Waals surface area contributed by atoms with E-state index in [4.69, 9.17) is 5.84 Å². The molecule has 1 aromatic heterocycles. The Morgan fingerprint density at radius 2 is 2.05 bits per heavy atom. The first-order valence-electron chi connectivity index (χ1n) is 7.04. The topological polar surface area (TPSA) is 74.5 Å². The summed E-state index contributed by atoms with van der Waals surface area (Å²) in [7, 11) is 0. The van der Waals surface area contributed by atoms with Crippen LogP contribution in [0.3, 0.4) is 0 Å². The van der Waals surface area contributed by atoms with Gasteiger partial charge in [0.2, 0.25) is 0 Å². The summed E-state index contributed by atoms with van der Waals surface area (Å²) in [4.78, 5) is 20.7. The second-order valence-corrected chi connectivity index (χ2v) is 5.56. The second-order valence-electron chi connectivity index (χ2n) is 5.56. The monoisotopic (exact) mass is 277 g/mol. The Morgan fingerprint density at radius 1 is 1.35 bits per heavy atom. The Bertz CT molecular complexity index is 437. The van der Waals surface area contributed by atoms with Crippen molar-refractivity contribution in [2.45, 2.75) is 13.8 Å². The number of anilines is 1. The van der Waals surface area contributed by atoms with Gasteiger partial charge in [-0.2, -0.15) is 0 Å². The number of hydrazine groups is 1. The molecule has 20 heavy (non-hydrogen) atoms. The van der Waals surface area contributed by atoms with E-state index >= 15 is 0 Å². The van der Waals surface area contributed by atoms with Gasteiger partial charge in [0.25, 0.3) is 5.91 Å². The minimum Gasteiger partial charge on any atom is -0.336 e. The SMILES string of the molecule is CC(C)CN1CCN(C(=O)c2ccc(NN)nc2)CC1. The predicted molar refractivity (Wildman–Crippen MR) is 79.2 cm³/mol. The number of aromatic nitrogens is 1. The van der Waals surface area contributed by atoms with Crippen molar-refractivity contribution in [3.8, 4) is 0 Å². The van der Waals surface area contributed by atoms with Crippen LogP contribution in [0.15, 0.2) is 18.3 Å². The summed E-state index contributed by atoms with van der Waals surface area (Å²) in [6.07, 6.45) is 1.57. The van der Waals surface area contributed by atoms with Gasteiger partial charge in [-0.15, -0.1) is 0 Å². The Morgan fingerprint density at radius 3 is 2.55 bits per heavy atom. The highest BCUT2D eigenvalue weighted by Gasteiger charge is 2.22.